The van der Waals surface area contributed by atoms with Gasteiger partial charge in [0.15, 0.2) is 0 Å². The summed E-state index contributed by atoms with van der Waals surface area (Å²) in [5, 5.41) is 10.9. The summed E-state index contributed by atoms with van der Waals surface area (Å²) in [4.78, 5) is 11.1. The largest absolute Gasteiger partial charge is 0.398 e. The third-order valence-electron chi connectivity index (χ3n) is 3.05. The molecule has 0 heterocycles. The highest BCUT2D eigenvalue weighted by molar-refractivity contribution is 7.84. The summed E-state index contributed by atoms with van der Waals surface area (Å²) < 4.78 is 12.4. The smallest absolute Gasteiger partial charge is 0.273 e. The average Bonchev–Trinajstić information content (AvgIpc) is 2.42. The molecule has 0 aromatic heterocycles. The first-order chi connectivity index (χ1) is 9.50. The van der Waals surface area contributed by atoms with Gasteiger partial charge in [-0.1, -0.05) is 24.3 Å². The monoisotopic (exact) mass is 290 g/mol. The van der Waals surface area contributed by atoms with Crippen molar-refractivity contribution in [3.8, 4) is 0 Å². The highest BCUT2D eigenvalue weighted by Gasteiger charge is 2.17. The summed E-state index contributed by atoms with van der Waals surface area (Å²) in [6, 6.07) is 11.5. The molecule has 0 aliphatic heterocycles. The molecule has 0 aliphatic carbocycles. The molecule has 104 valence electrons. The SMILES string of the molecule is Cc1c(N)cccc1S(=O)Cc1ccccc1[N+](=O)[O-]. The lowest BCUT2D eigenvalue weighted by atomic mass is 10.2. The van der Waals surface area contributed by atoms with E-state index < -0.39 is 15.7 Å². The molecule has 6 heteroatoms. The van der Waals surface area contributed by atoms with E-state index >= 15 is 0 Å². The molecule has 1 unspecified atom stereocenters. The Morgan fingerprint density at radius 2 is 1.90 bits per heavy atom. The van der Waals surface area contributed by atoms with Crippen LogP contribution >= 0.6 is 0 Å². The number of para-hydroxylation sites is 1. The Bertz CT molecular complexity index is 686. The Hall–Kier alpha value is -2.21. The van der Waals surface area contributed by atoms with Gasteiger partial charge in [0.1, 0.15) is 0 Å². The minimum Gasteiger partial charge on any atom is -0.398 e. The summed E-state index contributed by atoms with van der Waals surface area (Å²) in [5.74, 6) is 0.0987. The molecular weight excluding hydrogens is 276 g/mol. The van der Waals surface area contributed by atoms with Crippen LogP contribution in [0.4, 0.5) is 11.4 Å². The maximum absolute atomic E-state index is 12.4. The second-order valence-electron chi connectivity index (χ2n) is 4.35. The van der Waals surface area contributed by atoms with Crippen molar-refractivity contribution < 1.29 is 9.13 Å². The third-order valence-corrected chi connectivity index (χ3v) is 4.55. The Balaban J connectivity index is 2.33. The predicted molar refractivity (Wildman–Crippen MR) is 78.8 cm³/mol. The number of nitro groups is 1. The van der Waals surface area contributed by atoms with E-state index in [9.17, 15) is 14.3 Å². The molecule has 2 aromatic carbocycles. The number of nitrogen functional groups attached to an aromatic ring is 1. The first-order valence-corrected chi connectivity index (χ1v) is 7.28. The van der Waals surface area contributed by atoms with Gasteiger partial charge in [-0.15, -0.1) is 0 Å². The van der Waals surface area contributed by atoms with Crippen molar-refractivity contribution >= 4 is 22.2 Å². The number of nitro benzene ring substituents is 1. The molecule has 20 heavy (non-hydrogen) atoms. The van der Waals surface area contributed by atoms with Gasteiger partial charge in [-0.25, -0.2) is 0 Å². The maximum Gasteiger partial charge on any atom is 0.273 e. The van der Waals surface area contributed by atoms with Crippen LogP contribution in [0, 0.1) is 17.0 Å². The summed E-state index contributed by atoms with van der Waals surface area (Å²) in [6.45, 7) is 1.79. The number of rotatable bonds is 4. The van der Waals surface area contributed by atoms with Crippen molar-refractivity contribution in [2.75, 3.05) is 5.73 Å². The van der Waals surface area contributed by atoms with E-state index in [-0.39, 0.29) is 11.4 Å². The number of hydrogen-bond donors (Lipinski definition) is 1. The summed E-state index contributed by atoms with van der Waals surface area (Å²) in [7, 11) is -1.37. The van der Waals surface area contributed by atoms with Gasteiger partial charge in [0.2, 0.25) is 0 Å². The zero-order valence-corrected chi connectivity index (χ0v) is 11.7. The molecule has 0 bridgehead atoms. The lowest BCUT2D eigenvalue weighted by Gasteiger charge is -2.08. The van der Waals surface area contributed by atoms with Gasteiger partial charge in [0.25, 0.3) is 5.69 Å². The Morgan fingerprint density at radius 3 is 2.60 bits per heavy atom. The molecule has 2 aromatic rings. The molecule has 0 amide bonds. The van der Waals surface area contributed by atoms with Crippen molar-refractivity contribution in [1.82, 2.24) is 0 Å². The first kappa shape index (κ1) is 14.2. The Morgan fingerprint density at radius 1 is 1.20 bits per heavy atom. The molecule has 0 spiro atoms. The fraction of sp³-hybridized carbons (Fsp3) is 0.143. The van der Waals surface area contributed by atoms with Crippen molar-refractivity contribution in [2.45, 2.75) is 17.6 Å². The summed E-state index contributed by atoms with van der Waals surface area (Å²) in [5.41, 5.74) is 7.55. The second kappa shape index (κ2) is 5.83. The zero-order valence-electron chi connectivity index (χ0n) is 10.9. The van der Waals surface area contributed by atoms with Gasteiger partial charge < -0.3 is 5.73 Å². The highest BCUT2D eigenvalue weighted by atomic mass is 32.2. The molecule has 1 atom stereocenters. The lowest BCUT2D eigenvalue weighted by Crippen LogP contribution is -2.03. The van der Waals surface area contributed by atoms with Crippen molar-refractivity contribution in [3.05, 3.63) is 63.7 Å². The molecule has 0 radical (unpaired) electrons. The van der Waals surface area contributed by atoms with Crippen LogP contribution in [0.1, 0.15) is 11.1 Å². The Labute approximate surface area is 119 Å². The number of benzene rings is 2. The summed E-state index contributed by atoms with van der Waals surface area (Å²) in [6.07, 6.45) is 0. The lowest BCUT2D eigenvalue weighted by molar-refractivity contribution is -0.385. The van der Waals surface area contributed by atoms with E-state index in [0.29, 0.717) is 16.1 Å². The fourth-order valence-corrected chi connectivity index (χ4v) is 3.28. The van der Waals surface area contributed by atoms with Gasteiger partial charge in [-0.2, -0.15) is 0 Å². The standard InChI is InChI=1S/C14H14N2O3S/c1-10-12(15)6-4-8-14(10)20(19)9-11-5-2-3-7-13(11)16(17)18/h2-8H,9,15H2,1H3. The quantitative estimate of drug-likeness (QED) is 0.533. The van der Waals surface area contributed by atoms with Crippen LogP contribution in [0.3, 0.4) is 0 Å². The second-order valence-corrected chi connectivity index (χ2v) is 5.77. The van der Waals surface area contributed by atoms with Gasteiger partial charge >= 0.3 is 0 Å². The van der Waals surface area contributed by atoms with E-state index in [1.54, 1.807) is 43.3 Å². The third kappa shape index (κ3) is 2.85. The van der Waals surface area contributed by atoms with Gasteiger partial charge in [-0.3, -0.25) is 14.3 Å². The molecule has 0 aliphatic rings. The summed E-state index contributed by atoms with van der Waals surface area (Å²) >= 11 is 0. The topological polar surface area (TPSA) is 86.2 Å². The van der Waals surface area contributed by atoms with E-state index in [2.05, 4.69) is 0 Å². The molecule has 2 N–H and O–H groups in total. The number of hydrogen-bond acceptors (Lipinski definition) is 4. The maximum atomic E-state index is 12.4. The van der Waals surface area contributed by atoms with Crippen LogP contribution in [-0.4, -0.2) is 9.13 Å². The minimum absolute atomic E-state index is 0.0117. The van der Waals surface area contributed by atoms with Crippen molar-refractivity contribution in [2.24, 2.45) is 0 Å². The number of nitrogens with zero attached hydrogens (tertiary/aromatic N) is 1. The predicted octanol–water partition coefficient (Wildman–Crippen LogP) is 2.79. The molecule has 5 nitrogen and oxygen atoms in total. The minimum atomic E-state index is -1.37. The van der Waals surface area contributed by atoms with E-state index in [4.69, 9.17) is 5.73 Å². The molecule has 2 rings (SSSR count). The zero-order chi connectivity index (χ0) is 14.7. The van der Waals surface area contributed by atoms with Crippen LogP contribution in [0.2, 0.25) is 0 Å². The van der Waals surface area contributed by atoms with E-state index in [1.165, 1.54) is 6.07 Å². The molecule has 0 saturated carbocycles. The van der Waals surface area contributed by atoms with Crippen LogP contribution < -0.4 is 5.73 Å². The number of anilines is 1. The van der Waals surface area contributed by atoms with E-state index in [0.717, 1.165) is 5.56 Å². The van der Waals surface area contributed by atoms with Gasteiger partial charge in [0, 0.05) is 22.2 Å². The van der Waals surface area contributed by atoms with Crippen LogP contribution in [0.15, 0.2) is 47.4 Å². The first-order valence-electron chi connectivity index (χ1n) is 5.96. The molecule has 0 saturated heterocycles. The average molecular weight is 290 g/mol. The van der Waals surface area contributed by atoms with E-state index in [1.807, 2.05) is 0 Å². The molecular formula is C14H14N2O3S. The van der Waals surface area contributed by atoms with Crippen LogP contribution in [0.25, 0.3) is 0 Å². The normalized spacial score (nSPS) is 12.1. The van der Waals surface area contributed by atoms with Gasteiger partial charge in [0.05, 0.1) is 21.5 Å². The number of nitrogens with two attached hydrogens (primary N) is 1. The van der Waals surface area contributed by atoms with Crippen molar-refractivity contribution in [1.29, 1.82) is 0 Å². The fourth-order valence-electron chi connectivity index (χ4n) is 1.91. The Kier molecular flexibility index (Phi) is 4.14. The van der Waals surface area contributed by atoms with Gasteiger partial charge in [-0.05, 0) is 24.6 Å². The molecule has 0 fully saturated rings. The van der Waals surface area contributed by atoms with Crippen molar-refractivity contribution in [3.63, 3.8) is 0 Å². The van der Waals surface area contributed by atoms with Crippen LogP contribution in [0.5, 0.6) is 0 Å². The highest BCUT2D eigenvalue weighted by Crippen LogP contribution is 2.24. The van der Waals surface area contributed by atoms with Crippen LogP contribution in [-0.2, 0) is 16.6 Å².